The van der Waals surface area contributed by atoms with Gasteiger partial charge >= 0.3 is 5.97 Å². The molecule has 120 valence electrons. The summed E-state index contributed by atoms with van der Waals surface area (Å²) in [6.07, 6.45) is 0. The topological polar surface area (TPSA) is 55.4 Å². The lowest BCUT2D eigenvalue weighted by Crippen LogP contribution is -2.19. The summed E-state index contributed by atoms with van der Waals surface area (Å²) in [7, 11) is 0. The van der Waals surface area contributed by atoms with Crippen LogP contribution in [-0.4, -0.2) is 11.9 Å². The Kier molecular flexibility index (Phi) is 5.16. The first kappa shape index (κ1) is 16.7. The highest BCUT2D eigenvalue weighted by Gasteiger charge is 2.13. The van der Waals surface area contributed by atoms with Gasteiger partial charge in [-0.25, -0.2) is 4.79 Å². The molecule has 0 aliphatic rings. The van der Waals surface area contributed by atoms with E-state index in [2.05, 4.69) is 5.32 Å². The van der Waals surface area contributed by atoms with E-state index in [-0.39, 0.29) is 11.9 Å². The van der Waals surface area contributed by atoms with Crippen molar-refractivity contribution in [2.24, 2.45) is 0 Å². The normalized spacial score (nSPS) is 10.3. The highest BCUT2D eigenvalue weighted by atomic mass is 16.5. The summed E-state index contributed by atoms with van der Waals surface area (Å²) >= 11 is 0. The number of carbonyl (C=O) groups excluding carboxylic acids is 2. The van der Waals surface area contributed by atoms with Crippen LogP contribution in [0.2, 0.25) is 0 Å². The van der Waals surface area contributed by atoms with Gasteiger partial charge in [0.2, 0.25) is 5.91 Å². The number of nitrogens with one attached hydrogen (secondary N) is 1. The summed E-state index contributed by atoms with van der Waals surface area (Å²) in [5, 5.41) is 2.72. The fourth-order valence-electron chi connectivity index (χ4n) is 2.22. The molecule has 4 nitrogen and oxygen atoms in total. The third-order valence-electron chi connectivity index (χ3n) is 3.80. The smallest absolute Gasteiger partial charge is 0.343 e. The zero-order valence-electron chi connectivity index (χ0n) is 13.9. The lowest BCUT2D eigenvalue weighted by Gasteiger charge is -2.12. The highest BCUT2D eigenvalue weighted by Crippen LogP contribution is 2.26. The van der Waals surface area contributed by atoms with Crippen molar-refractivity contribution in [3.63, 3.8) is 0 Å². The second kappa shape index (κ2) is 7.09. The molecule has 23 heavy (non-hydrogen) atoms. The number of carbonyl (C=O) groups is 2. The molecule has 0 fully saturated rings. The number of hydrogen-bond acceptors (Lipinski definition) is 3. The van der Waals surface area contributed by atoms with Crippen molar-refractivity contribution in [2.75, 3.05) is 0 Å². The van der Waals surface area contributed by atoms with Crippen LogP contribution in [0.4, 0.5) is 0 Å². The van der Waals surface area contributed by atoms with Crippen molar-refractivity contribution in [3.05, 3.63) is 64.2 Å². The van der Waals surface area contributed by atoms with E-state index >= 15 is 0 Å². The van der Waals surface area contributed by atoms with Crippen LogP contribution in [0.5, 0.6) is 5.75 Å². The third kappa shape index (κ3) is 4.19. The molecule has 0 aromatic heterocycles. The van der Waals surface area contributed by atoms with Crippen LogP contribution in [0.15, 0.2) is 36.4 Å². The second-order valence-corrected chi connectivity index (χ2v) is 5.65. The Hall–Kier alpha value is -2.62. The van der Waals surface area contributed by atoms with Crippen LogP contribution in [0, 0.1) is 20.8 Å². The van der Waals surface area contributed by atoms with Gasteiger partial charge in [-0.2, -0.15) is 0 Å². The molecule has 0 saturated carbocycles. The zero-order valence-corrected chi connectivity index (χ0v) is 13.9. The molecule has 4 heteroatoms. The van der Waals surface area contributed by atoms with E-state index in [4.69, 9.17) is 4.74 Å². The second-order valence-electron chi connectivity index (χ2n) is 5.65. The van der Waals surface area contributed by atoms with E-state index < -0.39 is 0 Å². The molecule has 2 aromatic carbocycles. The summed E-state index contributed by atoms with van der Waals surface area (Å²) in [4.78, 5) is 23.2. The van der Waals surface area contributed by atoms with E-state index in [0.29, 0.717) is 17.9 Å². The molecule has 2 aromatic rings. The minimum Gasteiger partial charge on any atom is -0.422 e. The maximum atomic E-state index is 12.3. The van der Waals surface area contributed by atoms with Crippen molar-refractivity contribution < 1.29 is 14.3 Å². The minimum atomic E-state index is -0.382. The molecule has 0 unspecified atom stereocenters. The first-order chi connectivity index (χ1) is 10.9. The van der Waals surface area contributed by atoms with Gasteiger partial charge in [-0.1, -0.05) is 24.3 Å². The molecule has 1 N–H and O–H groups in total. The van der Waals surface area contributed by atoms with E-state index in [0.717, 1.165) is 22.3 Å². The van der Waals surface area contributed by atoms with Crippen LogP contribution in [0.3, 0.4) is 0 Å². The number of ether oxygens (including phenoxy) is 1. The van der Waals surface area contributed by atoms with Crippen molar-refractivity contribution in [2.45, 2.75) is 34.2 Å². The van der Waals surface area contributed by atoms with Gasteiger partial charge in [0, 0.05) is 13.5 Å². The Labute approximate surface area is 136 Å². The van der Waals surface area contributed by atoms with Crippen molar-refractivity contribution in [1.29, 1.82) is 0 Å². The zero-order chi connectivity index (χ0) is 17.0. The molecule has 0 heterocycles. The lowest BCUT2D eigenvalue weighted by atomic mass is 10.1. The Balaban J connectivity index is 2.12. The average molecular weight is 311 g/mol. The molecular weight excluding hydrogens is 290 g/mol. The first-order valence-electron chi connectivity index (χ1n) is 7.51. The van der Waals surface area contributed by atoms with Gasteiger partial charge in [0.1, 0.15) is 5.75 Å². The van der Waals surface area contributed by atoms with Crippen molar-refractivity contribution in [1.82, 2.24) is 5.32 Å². The number of hydrogen-bond donors (Lipinski definition) is 1. The Morgan fingerprint density at radius 3 is 2.17 bits per heavy atom. The molecule has 0 radical (unpaired) electrons. The van der Waals surface area contributed by atoms with Gasteiger partial charge in [0.15, 0.2) is 0 Å². The Morgan fingerprint density at radius 1 is 0.957 bits per heavy atom. The fourth-order valence-corrected chi connectivity index (χ4v) is 2.22. The van der Waals surface area contributed by atoms with Gasteiger partial charge in [0.05, 0.1) is 5.56 Å². The molecule has 1 amide bonds. The quantitative estimate of drug-likeness (QED) is 0.695. The van der Waals surface area contributed by atoms with E-state index in [1.165, 1.54) is 6.92 Å². The lowest BCUT2D eigenvalue weighted by molar-refractivity contribution is -0.119. The predicted molar refractivity (Wildman–Crippen MR) is 89.6 cm³/mol. The number of aryl methyl sites for hydroxylation is 2. The van der Waals surface area contributed by atoms with E-state index in [1.54, 1.807) is 12.1 Å². The molecular formula is C19H21NO3. The minimum absolute atomic E-state index is 0.0844. The first-order valence-corrected chi connectivity index (χ1v) is 7.51. The largest absolute Gasteiger partial charge is 0.422 e. The Morgan fingerprint density at radius 2 is 1.57 bits per heavy atom. The average Bonchev–Trinajstić information content (AvgIpc) is 2.53. The number of benzene rings is 2. The summed E-state index contributed by atoms with van der Waals surface area (Å²) in [5.74, 6) is 0.157. The highest BCUT2D eigenvalue weighted by molar-refractivity contribution is 5.91. The third-order valence-corrected chi connectivity index (χ3v) is 3.80. The SMILES string of the molecule is CC(=O)NCc1ccc(C(=O)Oc2c(C)ccc(C)c2C)cc1. The Bertz CT molecular complexity index is 733. The summed E-state index contributed by atoms with van der Waals surface area (Å²) < 4.78 is 5.57. The maximum Gasteiger partial charge on any atom is 0.343 e. The van der Waals surface area contributed by atoms with Crippen molar-refractivity contribution in [3.8, 4) is 5.75 Å². The molecule has 0 atom stereocenters. The standard InChI is InChI=1S/C19H21NO3/c1-12-5-6-13(2)18(14(12)3)23-19(22)17-9-7-16(8-10-17)11-20-15(4)21/h5-10H,11H2,1-4H3,(H,20,21). The van der Waals surface area contributed by atoms with Gasteiger partial charge in [-0.15, -0.1) is 0 Å². The van der Waals surface area contributed by atoms with E-state index in [1.807, 2.05) is 45.0 Å². The summed E-state index contributed by atoms with van der Waals surface area (Å²) in [6, 6.07) is 11.0. The van der Waals surface area contributed by atoms with Crippen LogP contribution >= 0.6 is 0 Å². The molecule has 0 spiro atoms. The molecule has 0 aliphatic carbocycles. The van der Waals surface area contributed by atoms with E-state index in [9.17, 15) is 9.59 Å². The molecule has 0 bridgehead atoms. The maximum absolute atomic E-state index is 12.3. The molecule has 0 aliphatic heterocycles. The predicted octanol–water partition coefficient (Wildman–Crippen LogP) is 3.47. The monoisotopic (exact) mass is 311 g/mol. The van der Waals surface area contributed by atoms with Crippen molar-refractivity contribution >= 4 is 11.9 Å². The van der Waals surface area contributed by atoms with Crippen LogP contribution in [0.1, 0.15) is 39.5 Å². The molecule has 2 rings (SSSR count). The van der Waals surface area contributed by atoms with Crippen LogP contribution in [0.25, 0.3) is 0 Å². The number of esters is 1. The van der Waals surface area contributed by atoms with Crippen LogP contribution in [-0.2, 0) is 11.3 Å². The van der Waals surface area contributed by atoms with Gasteiger partial charge in [-0.3, -0.25) is 4.79 Å². The van der Waals surface area contributed by atoms with Crippen LogP contribution < -0.4 is 10.1 Å². The van der Waals surface area contributed by atoms with Gasteiger partial charge in [-0.05, 0) is 55.2 Å². The van der Waals surface area contributed by atoms with Gasteiger partial charge < -0.3 is 10.1 Å². The number of amides is 1. The summed E-state index contributed by atoms with van der Waals surface area (Å²) in [6.45, 7) is 7.77. The summed E-state index contributed by atoms with van der Waals surface area (Å²) in [5.41, 5.74) is 4.41. The van der Waals surface area contributed by atoms with Gasteiger partial charge in [0.25, 0.3) is 0 Å². The number of rotatable bonds is 4. The fraction of sp³-hybridized carbons (Fsp3) is 0.263. The molecule has 0 saturated heterocycles.